The molecule has 7 nitrogen and oxygen atoms in total. The lowest BCUT2D eigenvalue weighted by Gasteiger charge is -2.29. The molecular formula is C24H29N5O2. The van der Waals surface area contributed by atoms with Crippen LogP contribution in [0.4, 0.5) is 5.82 Å². The molecule has 2 aromatic heterocycles. The number of aromatic nitrogens is 2. The number of amides is 1. The molecule has 4 rings (SSSR count). The highest BCUT2D eigenvalue weighted by Crippen LogP contribution is 2.24. The highest BCUT2D eigenvalue weighted by atomic mass is 16.2. The average molecular weight is 420 g/mol. The largest absolute Gasteiger partial charge is 0.356 e. The maximum absolute atomic E-state index is 13.4. The van der Waals surface area contributed by atoms with Crippen LogP contribution in [0.15, 0.2) is 28.7 Å². The van der Waals surface area contributed by atoms with Gasteiger partial charge in [0.2, 0.25) is 0 Å². The van der Waals surface area contributed by atoms with Crippen molar-refractivity contribution in [2.75, 3.05) is 18.0 Å². The quantitative estimate of drug-likeness (QED) is 0.606. The number of piperidine rings is 1. The molecule has 1 saturated heterocycles. The molecule has 3 heterocycles. The summed E-state index contributed by atoms with van der Waals surface area (Å²) in [6.45, 7) is 3.55. The summed E-state index contributed by atoms with van der Waals surface area (Å²) < 4.78 is 1.50. The first kappa shape index (κ1) is 21.1. The second-order valence-corrected chi connectivity index (χ2v) is 8.56. The molecule has 0 unspecified atom stereocenters. The van der Waals surface area contributed by atoms with E-state index in [1.54, 1.807) is 12.3 Å². The van der Waals surface area contributed by atoms with E-state index in [2.05, 4.69) is 10.2 Å². The summed E-state index contributed by atoms with van der Waals surface area (Å²) in [5.41, 5.74) is 1.52. The summed E-state index contributed by atoms with van der Waals surface area (Å²) >= 11 is 0. The average Bonchev–Trinajstić information content (AvgIpc) is 2.80. The number of nitriles is 1. The van der Waals surface area contributed by atoms with E-state index in [4.69, 9.17) is 4.98 Å². The Morgan fingerprint density at radius 1 is 1.19 bits per heavy atom. The Morgan fingerprint density at radius 2 is 1.90 bits per heavy atom. The van der Waals surface area contributed by atoms with Crippen molar-refractivity contribution in [1.29, 1.82) is 5.26 Å². The predicted molar refractivity (Wildman–Crippen MR) is 121 cm³/mol. The second-order valence-electron chi connectivity index (χ2n) is 8.56. The molecule has 2 aromatic rings. The normalized spacial score (nSPS) is 18.1. The number of nitrogens with one attached hydrogen (secondary N) is 1. The van der Waals surface area contributed by atoms with Crippen molar-refractivity contribution < 1.29 is 4.79 Å². The van der Waals surface area contributed by atoms with Gasteiger partial charge in [-0.1, -0.05) is 25.3 Å². The van der Waals surface area contributed by atoms with Gasteiger partial charge in [0.15, 0.2) is 0 Å². The molecule has 2 aliphatic rings. The van der Waals surface area contributed by atoms with E-state index in [0.29, 0.717) is 17.0 Å². The lowest BCUT2D eigenvalue weighted by molar-refractivity contribution is -0.117. The topological polar surface area (TPSA) is 90.5 Å². The number of pyridine rings is 1. The predicted octanol–water partition coefficient (Wildman–Crippen LogP) is 3.35. The van der Waals surface area contributed by atoms with Crippen molar-refractivity contribution in [2.24, 2.45) is 0 Å². The van der Waals surface area contributed by atoms with Crippen molar-refractivity contribution >= 4 is 23.4 Å². The van der Waals surface area contributed by atoms with E-state index in [0.717, 1.165) is 63.6 Å². The minimum atomic E-state index is -0.410. The number of hydrogen-bond donors (Lipinski definition) is 1. The third-order valence-electron chi connectivity index (χ3n) is 6.31. The van der Waals surface area contributed by atoms with Gasteiger partial charge >= 0.3 is 0 Å². The Balaban J connectivity index is 1.78. The molecule has 0 radical (unpaired) electrons. The Morgan fingerprint density at radius 3 is 2.61 bits per heavy atom. The maximum atomic E-state index is 13.4. The van der Waals surface area contributed by atoms with Crippen molar-refractivity contribution in [3.05, 3.63) is 45.4 Å². The van der Waals surface area contributed by atoms with Crippen LogP contribution in [0.5, 0.6) is 0 Å². The van der Waals surface area contributed by atoms with Gasteiger partial charge in [-0.25, -0.2) is 4.98 Å². The van der Waals surface area contributed by atoms with Crippen LogP contribution in [-0.4, -0.2) is 34.4 Å². The third-order valence-corrected chi connectivity index (χ3v) is 6.31. The maximum Gasteiger partial charge on any atom is 0.267 e. The molecule has 0 bridgehead atoms. The third kappa shape index (κ3) is 4.48. The molecule has 1 N–H and O–H groups in total. The van der Waals surface area contributed by atoms with Crippen LogP contribution >= 0.6 is 0 Å². The molecule has 1 aliphatic carbocycles. The fourth-order valence-corrected chi connectivity index (χ4v) is 4.58. The zero-order valence-corrected chi connectivity index (χ0v) is 18.1. The fraction of sp³-hybridized carbons (Fsp3) is 0.500. The molecule has 31 heavy (non-hydrogen) atoms. The van der Waals surface area contributed by atoms with E-state index in [1.165, 1.54) is 16.9 Å². The lowest BCUT2D eigenvalue weighted by Crippen LogP contribution is -2.37. The van der Waals surface area contributed by atoms with Gasteiger partial charge in [-0.3, -0.25) is 14.0 Å². The molecule has 1 aliphatic heterocycles. The number of nitrogens with zero attached hydrogens (tertiary/aromatic N) is 4. The SMILES string of the molecule is Cc1cccn2c(=O)c(/C=C(/C#N)C(=O)NC3CCCCC3)c(N3CCCCC3)nc12. The Labute approximate surface area is 182 Å². The molecular weight excluding hydrogens is 390 g/mol. The zero-order valence-electron chi connectivity index (χ0n) is 18.1. The van der Waals surface area contributed by atoms with E-state index in [1.807, 2.05) is 19.1 Å². The molecule has 0 atom stereocenters. The van der Waals surface area contributed by atoms with Crippen LogP contribution < -0.4 is 15.8 Å². The molecule has 1 saturated carbocycles. The number of carbonyl (C=O) groups excluding carboxylic acids is 1. The summed E-state index contributed by atoms with van der Waals surface area (Å²) in [6, 6.07) is 5.84. The van der Waals surface area contributed by atoms with Gasteiger partial charge in [0.1, 0.15) is 23.1 Å². The minimum absolute atomic E-state index is 0.0460. The van der Waals surface area contributed by atoms with Gasteiger partial charge in [-0.2, -0.15) is 5.26 Å². The first-order valence-electron chi connectivity index (χ1n) is 11.3. The van der Waals surface area contributed by atoms with Crippen LogP contribution in [0, 0.1) is 18.3 Å². The van der Waals surface area contributed by atoms with Gasteiger partial charge in [-0.05, 0) is 56.7 Å². The van der Waals surface area contributed by atoms with Crippen molar-refractivity contribution in [3.63, 3.8) is 0 Å². The Kier molecular flexibility index (Phi) is 6.36. The summed E-state index contributed by atoms with van der Waals surface area (Å²) in [5, 5.41) is 12.7. The first-order chi connectivity index (χ1) is 15.1. The number of rotatable bonds is 4. The van der Waals surface area contributed by atoms with Crippen LogP contribution in [0.1, 0.15) is 62.5 Å². The van der Waals surface area contributed by atoms with Gasteiger partial charge in [0.25, 0.3) is 11.5 Å². The molecule has 0 spiro atoms. The number of aryl methyl sites for hydroxylation is 1. The van der Waals surface area contributed by atoms with Gasteiger partial charge < -0.3 is 10.2 Å². The molecule has 162 valence electrons. The number of hydrogen-bond acceptors (Lipinski definition) is 5. The van der Waals surface area contributed by atoms with Crippen molar-refractivity contribution in [3.8, 4) is 6.07 Å². The fourth-order valence-electron chi connectivity index (χ4n) is 4.58. The van der Waals surface area contributed by atoms with Gasteiger partial charge in [0.05, 0.1) is 5.56 Å². The van der Waals surface area contributed by atoms with E-state index < -0.39 is 5.91 Å². The van der Waals surface area contributed by atoms with E-state index >= 15 is 0 Å². The minimum Gasteiger partial charge on any atom is -0.356 e. The first-order valence-corrected chi connectivity index (χ1v) is 11.3. The van der Waals surface area contributed by atoms with Crippen LogP contribution in [-0.2, 0) is 4.79 Å². The molecule has 1 amide bonds. The number of fused-ring (bicyclic) bond motifs is 1. The number of carbonyl (C=O) groups is 1. The van der Waals surface area contributed by atoms with E-state index in [-0.39, 0.29) is 17.2 Å². The molecule has 2 fully saturated rings. The number of anilines is 1. The summed E-state index contributed by atoms with van der Waals surface area (Å²) in [4.78, 5) is 33.2. The van der Waals surface area contributed by atoms with Crippen molar-refractivity contribution in [1.82, 2.24) is 14.7 Å². The second kappa shape index (κ2) is 9.34. The standard InChI is InChI=1S/C24H29N5O2/c1-17-9-8-14-29-21(17)27-22(28-12-6-3-7-13-28)20(24(29)31)15-18(16-25)23(30)26-19-10-4-2-5-11-19/h8-9,14-15,19H,2-7,10-13H2,1H3,(H,26,30)/b18-15-. The summed E-state index contributed by atoms with van der Waals surface area (Å²) in [6.07, 6.45) is 11.6. The van der Waals surface area contributed by atoms with Crippen LogP contribution in [0.2, 0.25) is 0 Å². The zero-order chi connectivity index (χ0) is 21.8. The van der Waals surface area contributed by atoms with Crippen molar-refractivity contribution in [2.45, 2.75) is 64.3 Å². The highest BCUT2D eigenvalue weighted by Gasteiger charge is 2.23. The monoisotopic (exact) mass is 419 g/mol. The summed E-state index contributed by atoms with van der Waals surface area (Å²) in [5.74, 6) is 0.157. The molecule has 0 aromatic carbocycles. The van der Waals surface area contributed by atoms with Gasteiger partial charge in [0, 0.05) is 25.3 Å². The Bertz CT molecular complexity index is 1100. The Hall–Kier alpha value is -3.14. The highest BCUT2D eigenvalue weighted by molar-refractivity contribution is 6.02. The molecule has 7 heteroatoms. The lowest BCUT2D eigenvalue weighted by atomic mass is 9.95. The van der Waals surface area contributed by atoms with Crippen LogP contribution in [0.3, 0.4) is 0 Å². The smallest absolute Gasteiger partial charge is 0.267 e. The van der Waals surface area contributed by atoms with E-state index in [9.17, 15) is 14.9 Å². The summed E-state index contributed by atoms with van der Waals surface area (Å²) in [7, 11) is 0. The van der Waals surface area contributed by atoms with Crippen LogP contribution in [0.25, 0.3) is 11.7 Å². The van der Waals surface area contributed by atoms with Gasteiger partial charge in [-0.15, -0.1) is 0 Å².